The van der Waals surface area contributed by atoms with Crippen LogP contribution in [0.5, 0.6) is 0 Å². The first-order valence-electron chi connectivity index (χ1n) is 5.04. The second-order valence-corrected chi connectivity index (χ2v) is 4.43. The maximum atomic E-state index is 10.2. The van der Waals surface area contributed by atoms with E-state index in [1.54, 1.807) is 0 Å². The molecule has 0 radical (unpaired) electrons. The molecule has 3 heteroatoms. The number of halogens is 1. The van der Waals surface area contributed by atoms with Gasteiger partial charge in [0.05, 0.1) is 0 Å². The summed E-state index contributed by atoms with van der Waals surface area (Å²) in [6.45, 7) is 1.90. The van der Waals surface area contributed by atoms with Crippen LogP contribution in [-0.4, -0.2) is 10.1 Å². The summed E-state index contributed by atoms with van der Waals surface area (Å²) in [6, 6.07) is 13.3. The summed E-state index contributed by atoms with van der Waals surface area (Å²) in [4.78, 5) is 4.28. The van der Waals surface area contributed by atoms with Gasteiger partial charge in [0.2, 0.25) is 0 Å². The first-order chi connectivity index (χ1) is 7.68. The van der Waals surface area contributed by atoms with E-state index >= 15 is 0 Å². The van der Waals surface area contributed by atoms with Crippen molar-refractivity contribution in [3.05, 3.63) is 63.9 Å². The van der Waals surface area contributed by atoms with Crippen molar-refractivity contribution >= 4 is 15.9 Å². The van der Waals surface area contributed by atoms with E-state index < -0.39 is 6.10 Å². The largest absolute Gasteiger partial charge is 0.384 e. The standard InChI is InChI=1S/C13H12BrNO/c1-9-11(7-8-12(14)15-9)13(16)10-5-3-2-4-6-10/h2-8,13,16H,1H3/t13-/m1/s1. The lowest BCUT2D eigenvalue weighted by Gasteiger charge is -2.13. The molecule has 0 amide bonds. The van der Waals surface area contributed by atoms with E-state index in [1.165, 1.54) is 0 Å². The lowest BCUT2D eigenvalue weighted by molar-refractivity contribution is 0.219. The molecule has 1 atom stereocenters. The van der Waals surface area contributed by atoms with Crippen molar-refractivity contribution < 1.29 is 5.11 Å². The van der Waals surface area contributed by atoms with E-state index in [0.29, 0.717) is 0 Å². The predicted molar refractivity (Wildman–Crippen MR) is 67.2 cm³/mol. The number of hydrogen-bond acceptors (Lipinski definition) is 2. The molecule has 2 nitrogen and oxygen atoms in total. The Labute approximate surface area is 103 Å². The van der Waals surface area contributed by atoms with E-state index in [9.17, 15) is 5.11 Å². The number of aryl methyl sites for hydroxylation is 1. The number of pyridine rings is 1. The van der Waals surface area contributed by atoms with Gasteiger partial charge in [-0.3, -0.25) is 0 Å². The molecular weight excluding hydrogens is 266 g/mol. The van der Waals surface area contributed by atoms with Crippen LogP contribution in [0.1, 0.15) is 22.9 Å². The average molecular weight is 278 g/mol. The fraction of sp³-hybridized carbons (Fsp3) is 0.154. The summed E-state index contributed by atoms with van der Waals surface area (Å²) in [5, 5.41) is 10.2. The molecule has 1 heterocycles. The van der Waals surface area contributed by atoms with Gasteiger partial charge in [0.25, 0.3) is 0 Å². The fourth-order valence-electron chi connectivity index (χ4n) is 1.65. The van der Waals surface area contributed by atoms with Gasteiger partial charge in [0, 0.05) is 11.3 Å². The number of aliphatic hydroxyl groups is 1. The molecule has 0 aliphatic rings. The summed E-state index contributed by atoms with van der Waals surface area (Å²) in [5.74, 6) is 0. The molecule has 0 spiro atoms. The Morgan fingerprint density at radius 1 is 1.12 bits per heavy atom. The monoisotopic (exact) mass is 277 g/mol. The molecule has 1 N–H and O–H groups in total. The summed E-state index contributed by atoms with van der Waals surface area (Å²) in [5.41, 5.74) is 2.56. The van der Waals surface area contributed by atoms with Crippen LogP contribution in [-0.2, 0) is 0 Å². The van der Waals surface area contributed by atoms with Crippen molar-refractivity contribution in [2.75, 3.05) is 0 Å². The van der Waals surface area contributed by atoms with E-state index in [2.05, 4.69) is 20.9 Å². The zero-order chi connectivity index (χ0) is 11.5. The molecule has 2 aromatic rings. The Morgan fingerprint density at radius 3 is 2.44 bits per heavy atom. The van der Waals surface area contributed by atoms with Crippen LogP contribution >= 0.6 is 15.9 Å². The number of benzene rings is 1. The highest BCUT2D eigenvalue weighted by atomic mass is 79.9. The van der Waals surface area contributed by atoms with Crippen LogP contribution in [0.2, 0.25) is 0 Å². The maximum absolute atomic E-state index is 10.2. The Hall–Kier alpha value is -1.19. The lowest BCUT2D eigenvalue weighted by Crippen LogP contribution is -2.03. The van der Waals surface area contributed by atoms with Crippen LogP contribution in [0.15, 0.2) is 47.1 Å². The molecule has 0 unspecified atom stereocenters. The van der Waals surface area contributed by atoms with Gasteiger partial charge in [-0.2, -0.15) is 0 Å². The molecule has 82 valence electrons. The van der Waals surface area contributed by atoms with Crippen molar-refractivity contribution in [2.45, 2.75) is 13.0 Å². The highest BCUT2D eigenvalue weighted by Crippen LogP contribution is 2.24. The molecule has 0 saturated heterocycles. The summed E-state index contributed by atoms with van der Waals surface area (Å²) < 4.78 is 0.786. The van der Waals surface area contributed by atoms with Gasteiger partial charge in [0.15, 0.2) is 0 Å². The Bertz CT molecular complexity index is 485. The normalized spacial score (nSPS) is 12.4. The highest BCUT2D eigenvalue weighted by molar-refractivity contribution is 9.10. The smallest absolute Gasteiger partial charge is 0.106 e. The third kappa shape index (κ3) is 2.31. The van der Waals surface area contributed by atoms with Gasteiger partial charge in [-0.15, -0.1) is 0 Å². The summed E-state index contributed by atoms with van der Waals surface area (Å²) in [6.07, 6.45) is -0.609. The van der Waals surface area contributed by atoms with E-state index in [4.69, 9.17) is 0 Å². The van der Waals surface area contributed by atoms with Crippen LogP contribution in [0, 0.1) is 6.92 Å². The fourth-order valence-corrected chi connectivity index (χ4v) is 2.04. The highest BCUT2D eigenvalue weighted by Gasteiger charge is 2.13. The third-order valence-corrected chi connectivity index (χ3v) is 2.94. The number of nitrogens with zero attached hydrogens (tertiary/aromatic N) is 1. The Kier molecular flexibility index (Phi) is 3.36. The average Bonchev–Trinajstić information content (AvgIpc) is 2.29. The van der Waals surface area contributed by atoms with Crippen LogP contribution < -0.4 is 0 Å². The van der Waals surface area contributed by atoms with Gasteiger partial charge in [-0.05, 0) is 34.5 Å². The van der Waals surface area contributed by atoms with Gasteiger partial charge >= 0.3 is 0 Å². The van der Waals surface area contributed by atoms with Gasteiger partial charge in [0.1, 0.15) is 10.7 Å². The molecule has 1 aromatic carbocycles. The molecule has 0 fully saturated rings. The van der Waals surface area contributed by atoms with Crippen LogP contribution in [0.3, 0.4) is 0 Å². The van der Waals surface area contributed by atoms with E-state index in [1.807, 2.05) is 49.4 Å². The maximum Gasteiger partial charge on any atom is 0.106 e. The number of aromatic nitrogens is 1. The van der Waals surface area contributed by atoms with Gasteiger partial charge < -0.3 is 5.11 Å². The molecule has 1 aromatic heterocycles. The zero-order valence-corrected chi connectivity index (χ0v) is 10.5. The minimum atomic E-state index is -0.609. The van der Waals surface area contributed by atoms with Gasteiger partial charge in [-0.1, -0.05) is 36.4 Å². The Morgan fingerprint density at radius 2 is 1.81 bits per heavy atom. The number of hydrogen-bond donors (Lipinski definition) is 1. The predicted octanol–water partition coefficient (Wildman–Crippen LogP) is 3.23. The zero-order valence-electron chi connectivity index (χ0n) is 8.89. The molecular formula is C13H12BrNO. The second-order valence-electron chi connectivity index (χ2n) is 3.62. The molecule has 0 aliphatic heterocycles. The molecule has 2 rings (SSSR count). The van der Waals surface area contributed by atoms with Crippen LogP contribution in [0.4, 0.5) is 0 Å². The SMILES string of the molecule is Cc1nc(Br)ccc1[C@H](O)c1ccccc1. The first kappa shape index (κ1) is 11.3. The summed E-state index contributed by atoms with van der Waals surface area (Å²) >= 11 is 3.31. The molecule has 0 aliphatic carbocycles. The minimum Gasteiger partial charge on any atom is -0.384 e. The van der Waals surface area contributed by atoms with E-state index in [-0.39, 0.29) is 0 Å². The summed E-state index contributed by atoms with van der Waals surface area (Å²) in [7, 11) is 0. The van der Waals surface area contributed by atoms with Crippen molar-refractivity contribution in [3.63, 3.8) is 0 Å². The van der Waals surface area contributed by atoms with Crippen molar-refractivity contribution in [2.24, 2.45) is 0 Å². The molecule has 16 heavy (non-hydrogen) atoms. The van der Waals surface area contributed by atoms with Crippen molar-refractivity contribution in [1.29, 1.82) is 0 Å². The first-order valence-corrected chi connectivity index (χ1v) is 5.84. The topological polar surface area (TPSA) is 33.1 Å². The van der Waals surface area contributed by atoms with Crippen molar-refractivity contribution in [1.82, 2.24) is 4.98 Å². The number of aliphatic hydroxyl groups excluding tert-OH is 1. The quantitative estimate of drug-likeness (QED) is 0.855. The molecule has 0 bridgehead atoms. The van der Waals surface area contributed by atoms with E-state index in [0.717, 1.165) is 21.4 Å². The minimum absolute atomic E-state index is 0.609. The van der Waals surface area contributed by atoms with Crippen molar-refractivity contribution in [3.8, 4) is 0 Å². The lowest BCUT2D eigenvalue weighted by atomic mass is 10.0. The molecule has 0 saturated carbocycles. The Balaban J connectivity index is 2.38. The third-order valence-electron chi connectivity index (χ3n) is 2.50. The van der Waals surface area contributed by atoms with Gasteiger partial charge in [-0.25, -0.2) is 4.98 Å². The number of rotatable bonds is 2. The van der Waals surface area contributed by atoms with Crippen LogP contribution in [0.25, 0.3) is 0 Å². The second kappa shape index (κ2) is 4.76.